The minimum absolute atomic E-state index is 0. The average molecular weight is 150 g/mol. The minimum atomic E-state index is -1.25. The van der Waals surface area contributed by atoms with E-state index in [9.17, 15) is 4.79 Å². The van der Waals surface area contributed by atoms with Crippen LogP contribution < -0.4 is 0 Å². The maximum absolute atomic E-state index is 9.68. The monoisotopic (exact) mass is 150 g/mol. The highest BCUT2D eigenvalue weighted by atomic mass is 16.7. The van der Waals surface area contributed by atoms with Gasteiger partial charge in [-0.25, -0.2) is 4.79 Å². The SMILES string of the molecule is C.CCOCCOC(=O)O. The van der Waals surface area contributed by atoms with Crippen molar-refractivity contribution in [1.82, 2.24) is 0 Å². The Kier molecular flexibility index (Phi) is 9.84. The van der Waals surface area contributed by atoms with E-state index in [1.807, 2.05) is 6.92 Å². The number of carboxylic acid groups (broad SMARTS) is 1. The molecule has 0 fully saturated rings. The highest BCUT2D eigenvalue weighted by Gasteiger charge is 1.92. The van der Waals surface area contributed by atoms with Gasteiger partial charge >= 0.3 is 6.16 Å². The van der Waals surface area contributed by atoms with Crippen LogP contribution in [0.4, 0.5) is 4.79 Å². The van der Waals surface area contributed by atoms with Gasteiger partial charge in [0.2, 0.25) is 0 Å². The first kappa shape index (κ1) is 12.0. The molecule has 62 valence electrons. The molecule has 4 nitrogen and oxygen atoms in total. The predicted octanol–water partition coefficient (Wildman–Crippen LogP) is 1.35. The molecule has 0 radical (unpaired) electrons. The van der Waals surface area contributed by atoms with Gasteiger partial charge in [0, 0.05) is 6.61 Å². The highest BCUT2D eigenvalue weighted by molar-refractivity contribution is 5.56. The maximum Gasteiger partial charge on any atom is 0.505 e. The standard InChI is InChI=1S/C5H10O4.CH4/c1-2-8-3-4-9-5(6)7;/h2-4H2,1H3,(H,6,7);1H4. The van der Waals surface area contributed by atoms with Crippen molar-refractivity contribution in [3.05, 3.63) is 0 Å². The fourth-order valence-corrected chi connectivity index (χ4v) is 0.332. The third-order valence-corrected chi connectivity index (χ3v) is 0.657. The van der Waals surface area contributed by atoms with Gasteiger partial charge in [-0.2, -0.15) is 0 Å². The van der Waals surface area contributed by atoms with Gasteiger partial charge in [0.15, 0.2) is 0 Å². The molecule has 0 aromatic rings. The van der Waals surface area contributed by atoms with Crippen LogP contribution in [0.5, 0.6) is 0 Å². The lowest BCUT2D eigenvalue weighted by atomic mass is 10.7. The number of ether oxygens (including phenoxy) is 2. The molecule has 0 saturated heterocycles. The molecule has 0 aliphatic heterocycles. The summed E-state index contributed by atoms with van der Waals surface area (Å²) in [5, 5.41) is 7.94. The van der Waals surface area contributed by atoms with E-state index in [1.54, 1.807) is 0 Å². The molecule has 0 spiro atoms. The van der Waals surface area contributed by atoms with Crippen molar-refractivity contribution >= 4 is 6.16 Å². The summed E-state index contributed by atoms with van der Waals surface area (Å²) in [5.41, 5.74) is 0. The Morgan fingerprint density at radius 1 is 1.50 bits per heavy atom. The van der Waals surface area contributed by atoms with Gasteiger partial charge in [0.05, 0.1) is 6.61 Å². The van der Waals surface area contributed by atoms with Crippen LogP contribution in [0.2, 0.25) is 0 Å². The molecule has 0 rings (SSSR count). The van der Waals surface area contributed by atoms with Crippen LogP contribution in [-0.2, 0) is 9.47 Å². The first-order chi connectivity index (χ1) is 4.27. The second-order valence-corrected chi connectivity index (χ2v) is 1.31. The first-order valence-corrected chi connectivity index (χ1v) is 2.70. The lowest BCUT2D eigenvalue weighted by Crippen LogP contribution is -2.07. The Labute approximate surface area is 60.8 Å². The van der Waals surface area contributed by atoms with Crippen molar-refractivity contribution < 1.29 is 19.4 Å². The van der Waals surface area contributed by atoms with E-state index in [2.05, 4.69) is 4.74 Å². The molecule has 0 aromatic heterocycles. The molecule has 0 aliphatic carbocycles. The van der Waals surface area contributed by atoms with Crippen molar-refractivity contribution in [1.29, 1.82) is 0 Å². The van der Waals surface area contributed by atoms with Crippen molar-refractivity contribution in [2.45, 2.75) is 14.4 Å². The van der Waals surface area contributed by atoms with E-state index in [0.29, 0.717) is 13.2 Å². The third kappa shape index (κ3) is 10.3. The molecule has 10 heavy (non-hydrogen) atoms. The molecule has 0 bridgehead atoms. The lowest BCUT2D eigenvalue weighted by Gasteiger charge is -1.98. The quantitative estimate of drug-likeness (QED) is 0.485. The minimum Gasteiger partial charge on any atom is -0.450 e. The van der Waals surface area contributed by atoms with Crippen LogP contribution in [0, 0.1) is 0 Å². The molecule has 0 unspecified atom stereocenters. The Hall–Kier alpha value is -0.770. The molecule has 0 saturated carbocycles. The fraction of sp³-hybridized carbons (Fsp3) is 0.833. The van der Waals surface area contributed by atoms with Gasteiger partial charge in [0.25, 0.3) is 0 Å². The van der Waals surface area contributed by atoms with Gasteiger partial charge < -0.3 is 14.6 Å². The topological polar surface area (TPSA) is 55.8 Å². The normalized spacial score (nSPS) is 8.10. The lowest BCUT2D eigenvalue weighted by molar-refractivity contribution is 0.0515. The second kappa shape index (κ2) is 8.23. The van der Waals surface area contributed by atoms with Crippen molar-refractivity contribution in [3.8, 4) is 0 Å². The summed E-state index contributed by atoms with van der Waals surface area (Å²) in [6, 6.07) is 0. The van der Waals surface area contributed by atoms with Crippen LogP contribution in [-0.4, -0.2) is 31.1 Å². The predicted molar refractivity (Wildman–Crippen MR) is 37.2 cm³/mol. The van der Waals surface area contributed by atoms with E-state index < -0.39 is 6.16 Å². The summed E-state index contributed by atoms with van der Waals surface area (Å²) in [4.78, 5) is 9.68. The van der Waals surface area contributed by atoms with Crippen LogP contribution in [0.15, 0.2) is 0 Å². The molecule has 0 aromatic carbocycles. The van der Waals surface area contributed by atoms with Crippen LogP contribution in [0.25, 0.3) is 0 Å². The van der Waals surface area contributed by atoms with Gasteiger partial charge in [-0.3, -0.25) is 0 Å². The number of hydrogen-bond acceptors (Lipinski definition) is 3. The third-order valence-electron chi connectivity index (χ3n) is 0.657. The van der Waals surface area contributed by atoms with Crippen LogP contribution in [0.1, 0.15) is 14.4 Å². The van der Waals surface area contributed by atoms with Crippen molar-refractivity contribution in [2.75, 3.05) is 19.8 Å². The highest BCUT2D eigenvalue weighted by Crippen LogP contribution is 1.77. The summed E-state index contributed by atoms with van der Waals surface area (Å²) in [5.74, 6) is 0. The van der Waals surface area contributed by atoms with Gasteiger partial charge in [-0.05, 0) is 6.92 Å². The summed E-state index contributed by atoms with van der Waals surface area (Å²) >= 11 is 0. The second-order valence-electron chi connectivity index (χ2n) is 1.31. The molecule has 0 heterocycles. The zero-order chi connectivity index (χ0) is 7.11. The molecule has 1 N–H and O–H groups in total. The van der Waals surface area contributed by atoms with Gasteiger partial charge in [-0.15, -0.1) is 0 Å². The molecule has 0 amide bonds. The zero-order valence-corrected chi connectivity index (χ0v) is 5.29. The van der Waals surface area contributed by atoms with E-state index in [1.165, 1.54) is 0 Å². The number of rotatable bonds is 4. The molecule has 0 aliphatic rings. The molecular weight excluding hydrogens is 136 g/mol. The zero-order valence-electron chi connectivity index (χ0n) is 5.29. The van der Waals surface area contributed by atoms with E-state index in [0.717, 1.165) is 0 Å². The van der Waals surface area contributed by atoms with E-state index in [-0.39, 0.29) is 14.0 Å². The first-order valence-electron chi connectivity index (χ1n) is 2.70. The largest absolute Gasteiger partial charge is 0.505 e. The van der Waals surface area contributed by atoms with Crippen molar-refractivity contribution in [3.63, 3.8) is 0 Å². The Morgan fingerprint density at radius 2 is 2.10 bits per heavy atom. The van der Waals surface area contributed by atoms with Gasteiger partial charge in [-0.1, -0.05) is 7.43 Å². The summed E-state index contributed by atoms with van der Waals surface area (Å²) in [6.45, 7) is 2.87. The molecule has 4 heteroatoms. The van der Waals surface area contributed by atoms with E-state index >= 15 is 0 Å². The average Bonchev–Trinajstić information content (AvgIpc) is 1.80. The van der Waals surface area contributed by atoms with Crippen molar-refractivity contribution in [2.24, 2.45) is 0 Å². The Balaban J connectivity index is 0. The number of hydrogen-bond donors (Lipinski definition) is 1. The summed E-state index contributed by atoms with van der Waals surface area (Å²) < 4.78 is 8.93. The smallest absolute Gasteiger partial charge is 0.450 e. The van der Waals surface area contributed by atoms with Crippen LogP contribution in [0.3, 0.4) is 0 Å². The number of carbonyl (C=O) groups is 1. The summed E-state index contributed by atoms with van der Waals surface area (Å²) in [7, 11) is 0. The van der Waals surface area contributed by atoms with E-state index in [4.69, 9.17) is 9.84 Å². The Bertz CT molecular complexity index is 81.8. The van der Waals surface area contributed by atoms with Gasteiger partial charge in [0.1, 0.15) is 6.61 Å². The molecular formula is C6H14O4. The van der Waals surface area contributed by atoms with Crippen LogP contribution >= 0.6 is 0 Å². The molecule has 0 atom stereocenters. The summed E-state index contributed by atoms with van der Waals surface area (Å²) in [6.07, 6.45) is -1.25. The maximum atomic E-state index is 9.68. The fourth-order valence-electron chi connectivity index (χ4n) is 0.332. The Morgan fingerprint density at radius 3 is 2.50 bits per heavy atom.